The van der Waals surface area contributed by atoms with E-state index in [1.165, 1.54) is 24.3 Å². The van der Waals surface area contributed by atoms with Crippen molar-refractivity contribution >= 4 is 34.3 Å². The van der Waals surface area contributed by atoms with Crippen LogP contribution in [0.4, 0.5) is 17.1 Å². The maximum absolute atomic E-state index is 10.8. The van der Waals surface area contributed by atoms with Crippen molar-refractivity contribution in [1.82, 2.24) is 4.90 Å². The van der Waals surface area contributed by atoms with Crippen molar-refractivity contribution in [3.05, 3.63) is 86.7 Å². The molecule has 0 atom stereocenters. The summed E-state index contributed by atoms with van der Waals surface area (Å²) in [6.45, 7) is 2.86. The molecule has 2 aromatic carbocycles. The lowest BCUT2D eigenvalue weighted by molar-refractivity contribution is -0.385. The van der Waals surface area contributed by atoms with E-state index in [-0.39, 0.29) is 11.4 Å². The number of non-ortho nitro benzene ring substituents is 2. The van der Waals surface area contributed by atoms with E-state index >= 15 is 0 Å². The second-order valence-electron chi connectivity index (χ2n) is 7.02. The lowest BCUT2D eigenvalue weighted by Gasteiger charge is -2.36. The average molecular weight is 438 g/mol. The van der Waals surface area contributed by atoms with Crippen molar-refractivity contribution in [2.75, 3.05) is 31.1 Å². The molecule has 2 heterocycles. The Morgan fingerprint density at radius 2 is 1.35 bits per heavy atom. The van der Waals surface area contributed by atoms with E-state index in [1.54, 1.807) is 30.3 Å². The molecule has 0 unspecified atom stereocenters. The Hall–Kier alpha value is -3.79. The Morgan fingerprint density at radius 1 is 0.806 bits per heavy atom. The predicted octanol–water partition coefficient (Wildman–Crippen LogP) is 4.26. The van der Waals surface area contributed by atoms with Gasteiger partial charge in [-0.1, -0.05) is 12.2 Å². The molecule has 1 aliphatic rings. The highest BCUT2D eigenvalue weighted by Gasteiger charge is 2.22. The molecular formula is C21H18N4O5S. The predicted molar refractivity (Wildman–Crippen MR) is 119 cm³/mol. The fourth-order valence-corrected chi connectivity index (χ4v) is 3.76. The minimum absolute atomic E-state index is 0.0249. The monoisotopic (exact) mass is 438 g/mol. The summed E-state index contributed by atoms with van der Waals surface area (Å²) < 4.78 is 5.90. The number of piperazine rings is 1. The van der Waals surface area contributed by atoms with E-state index < -0.39 is 9.85 Å². The number of rotatable bonds is 5. The van der Waals surface area contributed by atoms with Gasteiger partial charge in [0.2, 0.25) is 0 Å². The van der Waals surface area contributed by atoms with Crippen molar-refractivity contribution in [3.63, 3.8) is 0 Å². The van der Waals surface area contributed by atoms with Gasteiger partial charge in [-0.3, -0.25) is 20.2 Å². The Kier molecular flexibility index (Phi) is 5.63. The Labute approximate surface area is 182 Å². The molecule has 0 saturated carbocycles. The van der Waals surface area contributed by atoms with Crippen LogP contribution in [-0.4, -0.2) is 45.9 Å². The van der Waals surface area contributed by atoms with Crippen LogP contribution in [-0.2, 0) is 0 Å². The summed E-state index contributed by atoms with van der Waals surface area (Å²) in [6.07, 6.45) is 0. The molecule has 0 aliphatic carbocycles. The molecule has 0 spiro atoms. The van der Waals surface area contributed by atoms with Crippen LogP contribution in [0.1, 0.15) is 5.76 Å². The number of thiocarbonyl (C=S) groups is 1. The Morgan fingerprint density at radius 3 is 1.90 bits per heavy atom. The van der Waals surface area contributed by atoms with Gasteiger partial charge in [-0.15, -0.1) is 0 Å². The molecule has 1 aromatic heterocycles. The van der Waals surface area contributed by atoms with Crippen molar-refractivity contribution in [1.29, 1.82) is 0 Å². The fraction of sp³-hybridized carbons (Fsp3) is 0.190. The number of nitro benzene ring substituents is 2. The summed E-state index contributed by atoms with van der Waals surface area (Å²) in [7, 11) is 0. The topological polar surface area (TPSA) is 106 Å². The van der Waals surface area contributed by atoms with Gasteiger partial charge >= 0.3 is 0 Å². The number of hydrogen-bond donors (Lipinski definition) is 0. The van der Waals surface area contributed by atoms with Crippen molar-refractivity contribution in [3.8, 4) is 11.3 Å². The number of nitro groups is 2. The smallest absolute Gasteiger partial charge is 0.269 e. The van der Waals surface area contributed by atoms with Crippen molar-refractivity contribution in [2.45, 2.75) is 0 Å². The van der Waals surface area contributed by atoms with Crippen molar-refractivity contribution in [2.24, 2.45) is 0 Å². The third kappa shape index (κ3) is 4.38. The summed E-state index contributed by atoms with van der Waals surface area (Å²) in [5.74, 6) is 1.17. The third-order valence-corrected chi connectivity index (χ3v) is 5.63. The van der Waals surface area contributed by atoms with Crippen LogP contribution in [0.25, 0.3) is 11.3 Å². The first-order valence-corrected chi connectivity index (χ1v) is 9.96. The highest BCUT2D eigenvalue weighted by molar-refractivity contribution is 7.80. The highest BCUT2D eigenvalue weighted by Crippen LogP contribution is 2.26. The molecule has 0 N–H and O–H groups in total. The molecule has 31 heavy (non-hydrogen) atoms. The molecule has 0 radical (unpaired) electrons. The van der Waals surface area contributed by atoms with Gasteiger partial charge in [0.05, 0.1) is 9.85 Å². The largest absolute Gasteiger partial charge is 0.454 e. The van der Waals surface area contributed by atoms with Crippen LogP contribution in [0, 0.1) is 20.2 Å². The summed E-state index contributed by atoms with van der Waals surface area (Å²) in [6, 6.07) is 16.3. The van der Waals surface area contributed by atoms with E-state index in [9.17, 15) is 20.2 Å². The van der Waals surface area contributed by atoms with E-state index in [0.717, 1.165) is 24.3 Å². The van der Waals surface area contributed by atoms with Crippen LogP contribution < -0.4 is 4.90 Å². The van der Waals surface area contributed by atoms with E-state index in [0.29, 0.717) is 29.6 Å². The van der Waals surface area contributed by atoms with Gasteiger partial charge in [0.15, 0.2) is 5.76 Å². The molecule has 9 nitrogen and oxygen atoms in total. The number of furan rings is 1. The van der Waals surface area contributed by atoms with Gasteiger partial charge in [-0.25, -0.2) is 0 Å². The van der Waals surface area contributed by atoms with Crippen LogP contribution in [0.5, 0.6) is 0 Å². The molecule has 1 fully saturated rings. The lowest BCUT2D eigenvalue weighted by Crippen LogP contribution is -2.48. The van der Waals surface area contributed by atoms with Gasteiger partial charge in [0.1, 0.15) is 10.7 Å². The summed E-state index contributed by atoms with van der Waals surface area (Å²) in [4.78, 5) is 25.6. The SMILES string of the molecule is O=[N+]([O-])c1ccc(-c2ccc(C(=S)N3CCN(c4ccc([N+](=O)[O-])cc4)CC3)o2)cc1. The van der Waals surface area contributed by atoms with E-state index in [4.69, 9.17) is 16.6 Å². The van der Waals surface area contributed by atoms with Crippen LogP contribution in [0.3, 0.4) is 0 Å². The van der Waals surface area contributed by atoms with Crippen LogP contribution >= 0.6 is 12.2 Å². The standard InChI is InChI=1S/C21H18N4O5S/c26-24(27)17-3-1-15(2-4-17)19-9-10-20(30-19)21(31)23-13-11-22(12-14-23)16-5-7-18(8-6-16)25(28)29/h1-10H,11-14H2. The average Bonchev–Trinajstić information content (AvgIpc) is 3.29. The first kappa shape index (κ1) is 20.5. The zero-order chi connectivity index (χ0) is 22.0. The quantitative estimate of drug-likeness (QED) is 0.330. The highest BCUT2D eigenvalue weighted by atomic mass is 32.1. The Bertz CT molecular complexity index is 1120. The number of benzene rings is 2. The van der Waals surface area contributed by atoms with E-state index in [1.807, 2.05) is 6.07 Å². The van der Waals surface area contributed by atoms with Crippen LogP contribution in [0.15, 0.2) is 65.1 Å². The second-order valence-corrected chi connectivity index (χ2v) is 7.41. The van der Waals surface area contributed by atoms with Gasteiger partial charge in [-0.05, 0) is 36.4 Å². The third-order valence-electron chi connectivity index (χ3n) is 5.17. The molecule has 158 valence electrons. The number of nitrogens with zero attached hydrogens (tertiary/aromatic N) is 4. The van der Waals surface area contributed by atoms with Gasteiger partial charge in [0.25, 0.3) is 11.4 Å². The molecular weight excluding hydrogens is 420 g/mol. The minimum Gasteiger partial charge on any atom is -0.454 e. The molecule has 10 heteroatoms. The summed E-state index contributed by atoms with van der Waals surface area (Å²) in [5.41, 5.74) is 1.78. The zero-order valence-electron chi connectivity index (χ0n) is 16.3. The number of anilines is 1. The molecule has 1 saturated heterocycles. The molecule has 3 aromatic rings. The van der Waals surface area contributed by atoms with Crippen molar-refractivity contribution < 1.29 is 14.3 Å². The molecule has 1 aliphatic heterocycles. The summed E-state index contributed by atoms with van der Waals surface area (Å²) >= 11 is 5.61. The van der Waals surface area contributed by atoms with Gasteiger partial charge in [-0.2, -0.15) is 0 Å². The Balaban J connectivity index is 1.39. The van der Waals surface area contributed by atoms with Gasteiger partial charge in [0, 0.05) is 61.7 Å². The number of hydrogen-bond acceptors (Lipinski definition) is 7. The van der Waals surface area contributed by atoms with Gasteiger partial charge < -0.3 is 14.2 Å². The first-order valence-electron chi connectivity index (χ1n) is 9.56. The fourth-order valence-electron chi connectivity index (χ4n) is 3.46. The first-order chi connectivity index (χ1) is 14.9. The summed E-state index contributed by atoms with van der Waals surface area (Å²) in [5, 5.41) is 21.6. The molecule has 0 amide bonds. The maximum Gasteiger partial charge on any atom is 0.269 e. The zero-order valence-corrected chi connectivity index (χ0v) is 17.2. The molecule has 0 bridgehead atoms. The van der Waals surface area contributed by atoms with Crippen LogP contribution in [0.2, 0.25) is 0 Å². The molecule has 4 rings (SSSR count). The minimum atomic E-state index is -0.442. The second kappa shape index (κ2) is 8.52. The lowest BCUT2D eigenvalue weighted by atomic mass is 10.1. The maximum atomic E-state index is 10.8. The normalized spacial score (nSPS) is 13.8. The van der Waals surface area contributed by atoms with E-state index in [2.05, 4.69) is 9.80 Å².